The van der Waals surface area contributed by atoms with Crippen molar-refractivity contribution in [1.29, 1.82) is 0 Å². The Morgan fingerprint density at radius 1 is 1.19 bits per heavy atom. The average molecular weight is 361 g/mol. The standard InChI is InChI=1S/C20H36N6/c1-16(2)6-7-17(3)24-20(21-4)23-15-18-8-9-22-19(14-18)26-12-10-25(5)11-13-26/h8-9,14,16-17H,6-7,10-13,15H2,1-5H3,(H2,21,23,24). The van der Waals surface area contributed by atoms with Gasteiger partial charge in [-0.2, -0.15) is 0 Å². The number of anilines is 1. The highest BCUT2D eigenvalue weighted by atomic mass is 15.3. The smallest absolute Gasteiger partial charge is 0.191 e. The van der Waals surface area contributed by atoms with Crippen LogP contribution in [0.4, 0.5) is 5.82 Å². The summed E-state index contributed by atoms with van der Waals surface area (Å²) in [4.78, 5) is 13.6. The molecule has 1 atom stereocenters. The normalized spacial score (nSPS) is 17.5. The number of rotatable bonds is 7. The van der Waals surface area contributed by atoms with E-state index in [4.69, 9.17) is 0 Å². The molecule has 0 spiro atoms. The second-order valence-electron chi connectivity index (χ2n) is 7.75. The Bertz CT molecular complexity index is 563. The fourth-order valence-electron chi connectivity index (χ4n) is 3.05. The van der Waals surface area contributed by atoms with Gasteiger partial charge in [-0.25, -0.2) is 4.98 Å². The van der Waals surface area contributed by atoms with E-state index >= 15 is 0 Å². The molecule has 0 amide bonds. The number of guanidine groups is 1. The van der Waals surface area contributed by atoms with Gasteiger partial charge in [-0.15, -0.1) is 0 Å². The van der Waals surface area contributed by atoms with Gasteiger partial charge in [-0.3, -0.25) is 4.99 Å². The Balaban J connectivity index is 1.85. The van der Waals surface area contributed by atoms with Crippen LogP contribution in [-0.2, 0) is 6.54 Å². The second kappa shape index (κ2) is 10.4. The van der Waals surface area contributed by atoms with Crippen LogP contribution < -0.4 is 15.5 Å². The largest absolute Gasteiger partial charge is 0.354 e. The summed E-state index contributed by atoms with van der Waals surface area (Å²) < 4.78 is 0. The minimum absolute atomic E-state index is 0.418. The first-order valence-corrected chi connectivity index (χ1v) is 9.83. The molecule has 1 aliphatic rings. The Kier molecular flexibility index (Phi) is 8.16. The molecule has 0 saturated carbocycles. The summed E-state index contributed by atoms with van der Waals surface area (Å²) in [5.41, 5.74) is 1.23. The summed E-state index contributed by atoms with van der Waals surface area (Å²) in [6, 6.07) is 4.68. The first kappa shape index (κ1) is 20.5. The molecule has 6 nitrogen and oxygen atoms in total. The molecule has 0 bridgehead atoms. The third-order valence-corrected chi connectivity index (χ3v) is 4.88. The van der Waals surface area contributed by atoms with Crippen molar-refractivity contribution in [2.75, 3.05) is 45.2 Å². The maximum absolute atomic E-state index is 4.56. The maximum Gasteiger partial charge on any atom is 0.191 e. The van der Waals surface area contributed by atoms with E-state index in [-0.39, 0.29) is 0 Å². The van der Waals surface area contributed by atoms with Crippen LogP contribution in [0.3, 0.4) is 0 Å². The highest BCUT2D eigenvalue weighted by molar-refractivity contribution is 5.79. The Morgan fingerprint density at radius 2 is 1.92 bits per heavy atom. The predicted molar refractivity (Wildman–Crippen MR) is 111 cm³/mol. The van der Waals surface area contributed by atoms with Crippen molar-refractivity contribution >= 4 is 11.8 Å². The van der Waals surface area contributed by atoms with Crippen LogP contribution in [0.1, 0.15) is 39.2 Å². The summed E-state index contributed by atoms with van der Waals surface area (Å²) in [5, 5.41) is 6.91. The number of hydrogen-bond acceptors (Lipinski definition) is 4. The van der Waals surface area contributed by atoms with Gasteiger partial charge in [0.2, 0.25) is 0 Å². The molecule has 1 saturated heterocycles. The summed E-state index contributed by atoms with van der Waals surface area (Å²) in [6.07, 6.45) is 4.29. The van der Waals surface area contributed by atoms with Crippen LogP contribution in [0.5, 0.6) is 0 Å². The van der Waals surface area contributed by atoms with Crippen LogP contribution in [0.15, 0.2) is 23.3 Å². The van der Waals surface area contributed by atoms with Gasteiger partial charge in [0, 0.05) is 52.0 Å². The fourth-order valence-corrected chi connectivity index (χ4v) is 3.05. The molecule has 1 fully saturated rings. The van der Waals surface area contributed by atoms with Gasteiger partial charge in [-0.1, -0.05) is 13.8 Å². The Morgan fingerprint density at radius 3 is 2.58 bits per heavy atom. The number of piperazine rings is 1. The van der Waals surface area contributed by atoms with Crippen molar-refractivity contribution in [3.05, 3.63) is 23.9 Å². The zero-order valence-electron chi connectivity index (χ0n) is 17.1. The molecule has 1 aliphatic heterocycles. The molecule has 0 aromatic carbocycles. The number of likely N-dealkylation sites (N-methyl/N-ethyl adjacent to an activating group) is 1. The molecule has 26 heavy (non-hydrogen) atoms. The van der Waals surface area contributed by atoms with Crippen LogP contribution >= 0.6 is 0 Å². The predicted octanol–water partition coefficient (Wildman–Crippen LogP) is 2.32. The van der Waals surface area contributed by atoms with Gasteiger partial charge < -0.3 is 20.4 Å². The van der Waals surface area contributed by atoms with Gasteiger partial charge in [0.1, 0.15) is 5.82 Å². The molecule has 1 aromatic heterocycles. The Labute approximate surface area is 159 Å². The Hall–Kier alpha value is -1.82. The highest BCUT2D eigenvalue weighted by Crippen LogP contribution is 2.14. The van der Waals surface area contributed by atoms with Crippen molar-refractivity contribution in [1.82, 2.24) is 20.5 Å². The van der Waals surface area contributed by atoms with E-state index < -0.39 is 0 Å². The molecule has 2 rings (SSSR count). The van der Waals surface area contributed by atoms with E-state index in [2.05, 4.69) is 70.4 Å². The van der Waals surface area contributed by atoms with E-state index in [9.17, 15) is 0 Å². The topological polar surface area (TPSA) is 55.8 Å². The third kappa shape index (κ3) is 6.83. The van der Waals surface area contributed by atoms with E-state index in [1.807, 2.05) is 13.2 Å². The molecule has 1 aromatic rings. The van der Waals surface area contributed by atoms with Crippen LogP contribution in [0.2, 0.25) is 0 Å². The van der Waals surface area contributed by atoms with Crippen LogP contribution in [-0.4, -0.2) is 62.2 Å². The minimum Gasteiger partial charge on any atom is -0.354 e. The van der Waals surface area contributed by atoms with E-state index in [0.717, 1.165) is 56.8 Å². The summed E-state index contributed by atoms with van der Waals surface area (Å²) in [5.74, 6) is 2.67. The number of aromatic nitrogens is 1. The molecule has 0 aliphatic carbocycles. The lowest BCUT2D eigenvalue weighted by molar-refractivity contribution is 0.312. The van der Waals surface area contributed by atoms with E-state index in [0.29, 0.717) is 6.04 Å². The highest BCUT2D eigenvalue weighted by Gasteiger charge is 2.15. The van der Waals surface area contributed by atoms with Crippen molar-refractivity contribution in [2.45, 2.75) is 46.2 Å². The first-order valence-electron chi connectivity index (χ1n) is 9.83. The number of nitrogens with one attached hydrogen (secondary N) is 2. The number of aliphatic imine (C=N–C) groups is 1. The maximum atomic E-state index is 4.56. The van der Waals surface area contributed by atoms with Gasteiger partial charge in [-0.05, 0) is 50.4 Å². The summed E-state index contributed by atoms with van der Waals surface area (Å²) >= 11 is 0. The summed E-state index contributed by atoms with van der Waals surface area (Å²) in [6.45, 7) is 11.8. The van der Waals surface area contributed by atoms with E-state index in [1.54, 1.807) is 0 Å². The molecular formula is C20H36N6. The first-order chi connectivity index (χ1) is 12.5. The lowest BCUT2D eigenvalue weighted by Gasteiger charge is -2.33. The number of hydrogen-bond donors (Lipinski definition) is 2. The quantitative estimate of drug-likeness (QED) is 0.577. The molecule has 0 radical (unpaired) electrons. The van der Waals surface area contributed by atoms with Gasteiger partial charge in [0.25, 0.3) is 0 Å². The second-order valence-corrected chi connectivity index (χ2v) is 7.75. The molecule has 1 unspecified atom stereocenters. The third-order valence-electron chi connectivity index (χ3n) is 4.88. The van der Waals surface area contributed by atoms with E-state index in [1.165, 1.54) is 12.0 Å². The van der Waals surface area contributed by atoms with Gasteiger partial charge >= 0.3 is 0 Å². The van der Waals surface area contributed by atoms with Crippen molar-refractivity contribution in [3.8, 4) is 0 Å². The van der Waals surface area contributed by atoms with Crippen molar-refractivity contribution in [3.63, 3.8) is 0 Å². The zero-order valence-corrected chi connectivity index (χ0v) is 17.1. The monoisotopic (exact) mass is 360 g/mol. The molecule has 2 N–H and O–H groups in total. The van der Waals surface area contributed by atoms with Gasteiger partial charge in [0.05, 0.1) is 0 Å². The molecule has 146 valence electrons. The molecule has 2 heterocycles. The lowest BCUT2D eigenvalue weighted by Crippen LogP contribution is -2.45. The van der Waals surface area contributed by atoms with Crippen molar-refractivity contribution < 1.29 is 0 Å². The fraction of sp³-hybridized carbons (Fsp3) is 0.700. The SMILES string of the molecule is CN=C(NCc1ccnc(N2CCN(C)CC2)c1)NC(C)CCC(C)C. The van der Waals surface area contributed by atoms with Crippen LogP contribution in [0, 0.1) is 5.92 Å². The van der Waals surface area contributed by atoms with Crippen molar-refractivity contribution in [2.24, 2.45) is 10.9 Å². The molecule has 6 heteroatoms. The summed E-state index contributed by atoms with van der Waals surface area (Å²) in [7, 11) is 4.00. The average Bonchev–Trinajstić information content (AvgIpc) is 2.64. The molecular weight excluding hydrogens is 324 g/mol. The lowest BCUT2D eigenvalue weighted by atomic mass is 10.0. The minimum atomic E-state index is 0.418. The number of pyridine rings is 1. The van der Waals surface area contributed by atoms with Gasteiger partial charge in [0.15, 0.2) is 5.96 Å². The zero-order chi connectivity index (χ0) is 18.9. The number of nitrogens with zero attached hydrogens (tertiary/aromatic N) is 4. The van der Waals surface area contributed by atoms with Crippen LogP contribution in [0.25, 0.3) is 0 Å².